The van der Waals surface area contributed by atoms with E-state index in [-0.39, 0.29) is 13.2 Å². The van der Waals surface area contributed by atoms with Crippen LogP contribution in [-0.2, 0) is 19.1 Å². The molecule has 0 saturated carbocycles. The van der Waals surface area contributed by atoms with E-state index in [2.05, 4.69) is 10.1 Å². The molecule has 2 rings (SSSR count). The standard InChI is InChI=1S/C16H18ClN3O4/c1-3-23-14(21)16(17,15(22)24-4-2)13(20-11-18-10-19-20)12-8-6-5-7-9-12/h5-11,13H,3-4H2,1-2H3. The number of hydrogen-bond donors (Lipinski definition) is 0. The van der Waals surface area contributed by atoms with Crippen LogP contribution in [0.2, 0.25) is 0 Å². The topological polar surface area (TPSA) is 83.3 Å². The molecule has 0 saturated heterocycles. The van der Waals surface area contributed by atoms with Crippen molar-refractivity contribution in [2.45, 2.75) is 24.8 Å². The van der Waals surface area contributed by atoms with Gasteiger partial charge < -0.3 is 9.47 Å². The van der Waals surface area contributed by atoms with Crippen LogP contribution in [-0.4, -0.2) is 44.8 Å². The van der Waals surface area contributed by atoms with Crippen molar-refractivity contribution in [2.75, 3.05) is 13.2 Å². The van der Waals surface area contributed by atoms with E-state index in [1.807, 2.05) is 6.07 Å². The number of benzene rings is 1. The predicted octanol–water partition coefficient (Wildman–Crippen LogP) is 1.97. The third-order valence-electron chi connectivity index (χ3n) is 3.34. The first-order valence-electron chi connectivity index (χ1n) is 7.48. The van der Waals surface area contributed by atoms with Gasteiger partial charge in [-0.15, -0.1) is 0 Å². The van der Waals surface area contributed by atoms with E-state index in [1.165, 1.54) is 17.3 Å². The predicted molar refractivity (Wildman–Crippen MR) is 86.5 cm³/mol. The van der Waals surface area contributed by atoms with Crippen molar-refractivity contribution in [3.8, 4) is 0 Å². The van der Waals surface area contributed by atoms with Crippen LogP contribution >= 0.6 is 11.6 Å². The van der Waals surface area contributed by atoms with Gasteiger partial charge in [0, 0.05) is 0 Å². The highest BCUT2D eigenvalue weighted by Gasteiger charge is 2.56. The second kappa shape index (κ2) is 7.92. The maximum absolute atomic E-state index is 12.6. The highest BCUT2D eigenvalue weighted by atomic mass is 35.5. The van der Waals surface area contributed by atoms with E-state index in [0.29, 0.717) is 5.56 Å². The molecule has 2 aromatic rings. The van der Waals surface area contributed by atoms with Crippen LogP contribution in [0.25, 0.3) is 0 Å². The zero-order valence-corrected chi connectivity index (χ0v) is 14.1. The van der Waals surface area contributed by atoms with E-state index in [0.717, 1.165) is 0 Å². The van der Waals surface area contributed by atoms with Gasteiger partial charge in [-0.2, -0.15) is 5.10 Å². The SMILES string of the molecule is CCOC(=O)C(Cl)(C(=O)OCC)C(c1ccccc1)n1cncn1. The molecule has 0 aliphatic heterocycles. The van der Waals surface area contributed by atoms with Crippen LogP contribution in [0.4, 0.5) is 0 Å². The fourth-order valence-corrected chi connectivity index (χ4v) is 2.66. The largest absolute Gasteiger partial charge is 0.464 e. The fourth-order valence-electron chi connectivity index (χ4n) is 2.33. The van der Waals surface area contributed by atoms with Crippen molar-refractivity contribution in [1.82, 2.24) is 14.8 Å². The molecule has 1 unspecified atom stereocenters. The van der Waals surface area contributed by atoms with Gasteiger partial charge in [0.1, 0.15) is 18.7 Å². The van der Waals surface area contributed by atoms with E-state index in [1.54, 1.807) is 38.1 Å². The molecule has 7 nitrogen and oxygen atoms in total. The Balaban J connectivity index is 2.61. The average molecular weight is 352 g/mol. The number of ether oxygens (including phenoxy) is 2. The smallest absolute Gasteiger partial charge is 0.341 e. The average Bonchev–Trinajstić information content (AvgIpc) is 3.10. The van der Waals surface area contributed by atoms with Gasteiger partial charge in [0.05, 0.1) is 13.2 Å². The summed E-state index contributed by atoms with van der Waals surface area (Å²) < 4.78 is 11.4. The third kappa shape index (κ3) is 3.41. The zero-order valence-electron chi connectivity index (χ0n) is 13.4. The Morgan fingerprint density at radius 2 is 1.75 bits per heavy atom. The quantitative estimate of drug-likeness (QED) is 0.431. The summed E-state index contributed by atoms with van der Waals surface area (Å²) in [5.74, 6) is -1.79. The number of rotatable bonds is 7. The van der Waals surface area contributed by atoms with Crippen molar-refractivity contribution in [3.63, 3.8) is 0 Å². The molecular weight excluding hydrogens is 334 g/mol. The summed E-state index contributed by atoms with van der Waals surface area (Å²) in [5, 5.41) is 4.05. The Bertz CT molecular complexity index is 658. The van der Waals surface area contributed by atoms with E-state index in [9.17, 15) is 9.59 Å². The molecule has 1 heterocycles. The number of aromatic nitrogens is 3. The number of hydrogen-bond acceptors (Lipinski definition) is 6. The van der Waals surface area contributed by atoms with Crippen LogP contribution in [0.3, 0.4) is 0 Å². The molecular formula is C16H18ClN3O4. The molecule has 1 aromatic carbocycles. The lowest BCUT2D eigenvalue weighted by molar-refractivity contribution is -0.160. The van der Waals surface area contributed by atoms with E-state index < -0.39 is 22.9 Å². The molecule has 0 fully saturated rings. The third-order valence-corrected chi connectivity index (χ3v) is 3.85. The zero-order chi connectivity index (χ0) is 17.6. The van der Waals surface area contributed by atoms with Gasteiger partial charge in [0.2, 0.25) is 0 Å². The van der Waals surface area contributed by atoms with Gasteiger partial charge in [-0.05, 0) is 19.4 Å². The maximum atomic E-state index is 12.6. The highest BCUT2D eigenvalue weighted by Crippen LogP contribution is 2.37. The first kappa shape index (κ1) is 17.9. The minimum Gasteiger partial charge on any atom is -0.464 e. The Morgan fingerprint density at radius 1 is 1.17 bits per heavy atom. The van der Waals surface area contributed by atoms with Gasteiger partial charge in [-0.1, -0.05) is 41.9 Å². The van der Waals surface area contributed by atoms with Crippen molar-refractivity contribution in [1.29, 1.82) is 0 Å². The molecule has 24 heavy (non-hydrogen) atoms. The minimum absolute atomic E-state index is 0.0750. The summed E-state index contributed by atoms with van der Waals surface area (Å²) in [6.07, 6.45) is 2.68. The minimum atomic E-state index is -2.12. The summed E-state index contributed by atoms with van der Waals surface area (Å²) in [6, 6.07) is 7.86. The number of halogens is 1. The van der Waals surface area contributed by atoms with Gasteiger partial charge >= 0.3 is 11.9 Å². The molecule has 0 spiro atoms. The monoisotopic (exact) mass is 351 g/mol. The summed E-state index contributed by atoms with van der Waals surface area (Å²) in [5.41, 5.74) is 0.596. The molecule has 0 aliphatic carbocycles. The van der Waals surface area contributed by atoms with E-state index >= 15 is 0 Å². The Labute approximate surface area is 144 Å². The molecule has 128 valence electrons. The molecule has 8 heteroatoms. The summed E-state index contributed by atoms with van der Waals surface area (Å²) in [4.78, 5) is 26.9. The molecule has 1 aromatic heterocycles. The summed E-state index contributed by atoms with van der Waals surface area (Å²) in [7, 11) is 0. The van der Waals surface area contributed by atoms with Crippen LogP contribution in [0, 0.1) is 0 Å². The van der Waals surface area contributed by atoms with Crippen molar-refractivity contribution < 1.29 is 19.1 Å². The molecule has 0 N–H and O–H groups in total. The summed E-state index contributed by atoms with van der Waals surface area (Å²) in [6.45, 7) is 3.41. The Morgan fingerprint density at radius 3 is 2.21 bits per heavy atom. The number of nitrogens with zero attached hydrogens (tertiary/aromatic N) is 3. The van der Waals surface area contributed by atoms with Crippen molar-refractivity contribution in [3.05, 3.63) is 48.5 Å². The number of alkyl halides is 1. The van der Waals surface area contributed by atoms with Crippen LogP contribution in [0.5, 0.6) is 0 Å². The normalized spacial score (nSPS) is 12.5. The van der Waals surface area contributed by atoms with E-state index in [4.69, 9.17) is 21.1 Å². The second-order valence-electron chi connectivity index (χ2n) is 4.84. The van der Waals surface area contributed by atoms with Crippen LogP contribution in [0.15, 0.2) is 43.0 Å². The van der Waals surface area contributed by atoms with Gasteiger partial charge in [0.15, 0.2) is 0 Å². The Kier molecular flexibility index (Phi) is 5.92. The lowest BCUT2D eigenvalue weighted by Crippen LogP contribution is -2.51. The number of esters is 2. The fraction of sp³-hybridized carbons (Fsp3) is 0.375. The molecule has 0 amide bonds. The number of carbonyl (C=O) groups excluding carboxylic acids is 2. The molecule has 0 bridgehead atoms. The van der Waals surface area contributed by atoms with Gasteiger partial charge in [-0.25, -0.2) is 19.3 Å². The number of carbonyl (C=O) groups is 2. The lowest BCUT2D eigenvalue weighted by Gasteiger charge is -2.31. The van der Waals surface area contributed by atoms with Gasteiger partial charge in [-0.3, -0.25) is 0 Å². The first-order valence-corrected chi connectivity index (χ1v) is 7.85. The second-order valence-corrected chi connectivity index (χ2v) is 5.44. The maximum Gasteiger partial charge on any atom is 0.341 e. The van der Waals surface area contributed by atoms with Crippen LogP contribution in [0.1, 0.15) is 25.5 Å². The van der Waals surface area contributed by atoms with Crippen molar-refractivity contribution in [2.24, 2.45) is 0 Å². The first-order chi connectivity index (χ1) is 11.6. The van der Waals surface area contributed by atoms with Crippen molar-refractivity contribution >= 4 is 23.5 Å². The highest BCUT2D eigenvalue weighted by molar-refractivity contribution is 6.45. The Hall–Kier alpha value is -2.41. The van der Waals surface area contributed by atoms with Crippen LogP contribution < -0.4 is 0 Å². The molecule has 0 aliphatic rings. The lowest BCUT2D eigenvalue weighted by atomic mass is 9.92. The molecule has 0 radical (unpaired) electrons. The molecule has 1 atom stereocenters. The van der Waals surface area contributed by atoms with Gasteiger partial charge in [0.25, 0.3) is 4.87 Å². The summed E-state index contributed by atoms with van der Waals surface area (Å²) >= 11 is 6.55.